The Morgan fingerprint density at radius 3 is 2.55 bits per heavy atom. The molecule has 0 bridgehead atoms. The van der Waals surface area contributed by atoms with Crippen LogP contribution in [-0.4, -0.2) is 69.1 Å². The number of hydrogen-bond acceptors (Lipinski definition) is 6. The molecule has 1 N–H and O–H groups in total. The van der Waals surface area contributed by atoms with Crippen LogP contribution in [0.4, 0.5) is 0 Å². The maximum Gasteiger partial charge on any atom is 0.324 e. The molecule has 0 aromatic rings. The lowest BCUT2D eigenvalue weighted by Crippen LogP contribution is -2.50. The molecule has 0 saturated carbocycles. The van der Waals surface area contributed by atoms with Crippen molar-refractivity contribution in [1.29, 1.82) is 0 Å². The van der Waals surface area contributed by atoms with Crippen molar-refractivity contribution < 1.29 is 17.9 Å². The van der Waals surface area contributed by atoms with Crippen molar-refractivity contribution in [2.24, 2.45) is 0 Å². The van der Waals surface area contributed by atoms with E-state index in [1.165, 1.54) is 0 Å². The van der Waals surface area contributed by atoms with Gasteiger partial charge in [0.25, 0.3) is 0 Å². The average molecular weight is 306 g/mol. The Hall–Kier alpha value is -0.660. The van der Waals surface area contributed by atoms with E-state index in [1.54, 1.807) is 6.92 Å². The number of carbonyl (C=O) groups is 1. The van der Waals surface area contributed by atoms with E-state index >= 15 is 0 Å². The van der Waals surface area contributed by atoms with Crippen molar-refractivity contribution in [2.75, 3.05) is 31.7 Å². The van der Waals surface area contributed by atoms with Crippen LogP contribution < -0.4 is 5.32 Å². The first kappa shape index (κ1) is 17.4. The lowest BCUT2D eigenvalue weighted by molar-refractivity contribution is -0.146. The summed E-state index contributed by atoms with van der Waals surface area (Å²) < 4.78 is 28.1. The molecule has 0 radical (unpaired) electrons. The van der Waals surface area contributed by atoms with E-state index in [1.807, 2.05) is 25.8 Å². The highest BCUT2D eigenvalue weighted by Gasteiger charge is 2.33. The summed E-state index contributed by atoms with van der Waals surface area (Å²) in [5.74, 6) is 0.138. The van der Waals surface area contributed by atoms with Crippen LogP contribution in [0, 0.1) is 0 Å². The summed E-state index contributed by atoms with van der Waals surface area (Å²) in [6.07, 6.45) is 0.635. The minimum absolute atomic E-state index is 0.00844. The fourth-order valence-corrected chi connectivity index (χ4v) is 4.21. The lowest BCUT2D eigenvalue weighted by Gasteiger charge is -2.28. The summed E-state index contributed by atoms with van der Waals surface area (Å²) >= 11 is 0. The van der Waals surface area contributed by atoms with E-state index in [0.29, 0.717) is 19.6 Å². The van der Waals surface area contributed by atoms with Crippen LogP contribution in [-0.2, 0) is 19.4 Å². The van der Waals surface area contributed by atoms with E-state index in [2.05, 4.69) is 5.32 Å². The second-order valence-corrected chi connectivity index (χ2v) is 7.85. The molecule has 2 atom stereocenters. The van der Waals surface area contributed by atoms with Gasteiger partial charge >= 0.3 is 5.97 Å². The summed E-state index contributed by atoms with van der Waals surface area (Å²) in [5, 5.41) is 3.17. The van der Waals surface area contributed by atoms with E-state index in [-0.39, 0.29) is 29.6 Å². The van der Waals surface area contributed by atoms with Gasteiger partial charge in [-0.3, -0.25) is 4.79 Å². The third-order valence-corrected chi connectivity index (χ3v) is 5.16. The summed E-state index contributed by atoms with van der Waals surface area (Å²) in [6, 6.07) is -0.278. The molecular formula is C13H26N2O4S. The van der Waals surface area contributed by atoms with Crippen LogP contribution in [0.5, 0.6) is 0 Å². The van der Waals surface area contributed by atoms with Gasteiger partial charge in [0.2, 0.25) is 0 Å². The third kappa shape index (κ3) is 5.38. The zero-order valence-corrected chi connectivity index (χ0v) is 13.6. The molecule has 1 aliphatic heterocycles. The van der Waals surface area contributed by atoms with Gasteiger partial charge in [0.15, 0.2) is 9.84 Å². The molecule has 0 amide bonds. The largest absolute Gasteiger partial charge is 0.465 e. The highest BCUT2D eigenvalue weighted by atomic mass is 32.2. The fourth-order valence-electron chi connectivity index (χ4n) is 2.40. The van der Waals surface area contributed by atoms with Crippen molar-refractivity contribution in [2.45, 2.75) is 45.3 Å². The first-order chi connectivity index (χ1) is 9.25. The van der Waals surface area contributed by atoms with E-state index < -0.39 is 15.9 Å². The standard InChI is InChI=1S/C13H26N2O4S/c1-5-19-13(16)12(14-10(2)3)8-15(4)11-6-7-20(17,18)9-11/h10-12,14H,5-9H2,1-4H3. The normalized spacial score (nSPS) is 23.2. The van der Waals surface area contributed by atoms with Crippen LogP contribution in [0.15, 0.2) is 0 Å². The molecule has 0 aromatic carbocycles. The predicted octanol–water partition coefficient (Wildman–Crippen LogP) is 0.0350. The first-order valence-corrected chi connectivity index (χ1v) is 8.90. The smallest absolute Gasteiger partial charge is 0.324 e. The van der Waals surface area contributed by atoms with E-state index in [0.717, 1.165) is 0 Å². The van der Waals surface area contributed by atoms with Crippen molar-refractivity contribution in [3.05, 3.63) is 0 Å². The number of likely N-dealkylation sites (N-methyl/N-ethyl adjacent to an activating group) is 1. The lowest BCUT2D eigenvalue weighted by atomic mass is 10.2. The maximum absolute atomic E-state index is 11.9. The molecule has 7 heteroatoms. The summed E-state index contributed by atoms with van der Waals surface area (Å²) in [6.45, 7) is 6.50. The van der Waals surface area contributed by atoms with Crippen LogP contribution in [0.1, 0.15) is 27.2 Å². The van der Waals surface area contributed by atoms with Crippen molar-refractivity contribution in [3.63, 3.8) is 0 Å². The number of hydrogen-bond donors (Lipinski definition) is 1. The first-order valence-electron chi connectivity index (χ1n) is 7.08. The van der Waals surface area contributed by atoms with Crippen LogP contribution in [0.25, 0.3) is 0 Å². The number of ether oxygens (including phenoxy) is 1. The Balaban J connectivity index is 2.62. The second kappa shape index (κ2) is 7.38. The number of nitrogens with one attached hydrogen (secondary N) is 1. The minimum Gasteiger partial charge on any atom is -0.465 e. The molecule has 0 aliphatic carbocycles. The van der Waals surface area contributed by atoms with Crippen LogP contribution in [0.3, 0.4) is 0 Å². The third-order valence-electron chi connectivity index (χ3n) is 3.41. The van der Waals surface area contributed by atoms with E-state index in [4.69, 9.17) is 4.74 Å². The maximum atomic E-state index is 11.9. The molecule has 1 saturated heterocycles. The molecule has 1 fully saturated rings. The molecule has 118 valence electrons. The zero-order valence-electron chi connectivity index (χ0n) is 12.8. The number of esters is 1. The number of sulfone groups is 1. The Bertz CT molecular complexity index is 422. The molecule has 2 unspecified atom stereocenters. The molecule has 1 aliphatic rings. The van der Waals surface area contributed by atoms with Gasteiger partial charge in [-0.15, -0.1) is 0 Å². The number of carbonyl (C=O) groups excluding carboxylic acids is 1. The molecule has 1 rings (SSSR count). The summed E-state index contributed by atoms with van der Waals surface area (Å²) in [4.78, 5) is 13.9. The highest BCUT2D eigenvalue weighted by molar-refractivity contribution is 7.91. The van der Waals surface area contributed by atoms with Crippen molar-refractivity contribution in [1.82, 2.24) is 10.2 Å². The Kier molecular flexibility index (Phi) is 6.42. The zero-order chi connectivity index (χ0) is 15.3. The Morgan fingerprint density at radius 2 is 2.10 bits per heavy atom. The van der Waals surface area contributed by atoms with Gasteiger partial charge in [-0.25, -0.2) is 8.42 Å². The van der Waals surface area contributed by atoms with Gasteiger partial charge in [0, 0.05) is 18.6 Å². The van der Waals surface area contributed by atoms with Crippen molar-refractivity contribution >= 4 is 15.8 Å². The second-order valence-electron chi connectivity index (χ2n) is 5.62. The monoisotopic (exact) mass is 306 g/mol. The Morgan fingerprint density at radius 1 is 1.45 bits per heavy atom. The molecule has 0 spiro atoms. The van der Waals surface area contributed by atoms with Crippen LogP contribution in [0.2, 0.25) is 0 Å². The molecule has 1 heterocycles. The summed E-state index contributed by atoms with van der Waals surface area (Å²) in [5.41, 5.74) is 0. The average Bonchev–Trinajstić information content (AvgIpc) is 2.68. The minimum atomic E-state index is -2.91. The van der Waals surface area contributed by atoms with Crippen molar-refractivity contribution in [3.8, 4) is 0 Å². The van der Waals surface area contributed by atoms with Gasteiger partial charge in [0.1, 0.15) is 6.04 Å². The number of nitrogens with zero attached hydrogens (tertiary/aromatic N) is 1. The fraction of sp³-hybridized carbons (Fsp3) is 0.923. The SMILES string of the molecule is CCOC(=O)C(CN(C)C1CCS(=O)(=O)C1)NC(C)C. The van der Waals surface area contributed by atoms with Gasteiger partial charge in [-0.1, -0.05) is 13.8 Å². The number of rotatable bonds is 7. The van der Waals surface area contributed by atoms with E-state index in [9.17, 15) is 13.2 Å². The molecular weight excluding hydrogens is 280 g/mol. The molecule has 20 heavy (non-hydrogen) atoms. The van der Waals surface area contributed by atoms with Gasteiger partial charge in [-0.2, -0.15) is 0 Å². The molecule has 6 nitrogen and oxygen atoms in total. The topological polar surface area (TPSA) is 75.7 Å². The quantitative estimate of drug-likeness (QED) is 0.669. The van der Waals surface area contributed by atoms with Gasteiger partial charge < -0.3 is 15.0 Å². The van der Waals surface area contributed by atoms with Gasteiger partial charge in [-0.05, 0) is 20.4 Å². The molecule has 0 aromatic heterocycles. The predicted molar refractivity (Wildman–Crippen MR) is 78.4 cm³/mol. The van der Waals surface area contributed by atoms with Crippen LogP contribution >= 0.6 is 0 Å². The Labute approximate surface area is 121 Å². The summed E-state index contributed by atoms with van der Waals surface area (Å²) in [7, 11) is -1.05. The van der Waals surface area contributed by atoms with Gasteiger partial charge in [0.05, 0.1) is 18.1 Å². The highest BCUT2D eigenvalue weighted by Crippen LogP contribution is 2.16.